The summed E-state index contributed by atoms with van der Waals surface area (Å²) in [5, 5.41) is 11.7. The fraction of sp³-hybridized carbons (Fsp3) is 0.900. The maximum Gasteiger partial charge on any atom is 0.303 e. The number of carboxylic acids is 1. The number of sulfone groups is 1. The fourth-order valence-electron chi connectivity index (χ4n) is 1.84. The summed E-state index contributed by atoms with van der Waals surface area (Å²) in [5.74, 6) is -0.0384. The number of nitrogens with one attached hydrogen (secondary N) is 1. The highest BCUT2D eigenvalue weighted by atomic mass is 32.2. The lowest BCUT2D eigenvalue weighted by molar-refractivity contribution is -0.137. The Morgan fingerprint density at radius 1 is 1.56 bits per heavy atom. The third-order valence-corrected chi connectivity index (χ3v) is 4.71. The van der Waals surface area contributed by atoms with E-state index in [2.05, 4.69) is 5.32 Å². The third kappa shape index (κ3) is 4.94. The average molecular weight is 249 g/mol. The standard InChI is InChI=1S/C10H19NO4S/c1-8(2-3-10(12)13)11-6-9-4-5-16(14,15)7-9/h8-9,11H,2-7H2,1H3,(H,12,13). The van der Waals surface area contributed by atoms with E-state index in [0.29, 0.717) is 18.7 Å². The second-order valence-electron chi connectivity index (χ2n) is 4.51. The molecule has 94 valence electrons. The molecule has 1 saturated heterocycles. The Kier molecular flexibility index (Phi) is 4.73. The number of aliphatic carboxylic acids is 1. The molecular weight excluding hydrogens is 230 g/mol. The summed E-state index contributed by atoms with van der Waals surface area (Å²) in [6, 6.07) is 0.124. The van der Waals surface area contributed by atoms with Crippen molar-refractivity contribution in [3.63, 3.8) is 0 Å². The molecule has 0 saturated carbocycles. The van der Waals surface area contributed by atoms with Crippen molar-refractivity contribution >= 4 is 15.8 Å². The van der Waals surface area contributed by atoms with Gasteiger partial charge >= 0.3 is 5.97 Å². The Labute approximate surface area is 96.1 Å². The molecule has 0 radical (unpaired) electrons. The van der Waals surface area contributed by atoms with Gasteiger partial charge < -0.3 is 10.4 Å². The van der Waals surface area contributed by atoms with Gasteiger partial charge in [0.1, 0.15) is 0 Å². The average Bonchev–Trinajstić information content (AvgIpc) is 2.52. The quantitative estimate of drug-likeness (QED) is 0.705. The van der Waals surface area contributed by atoms with E-state index in [1.54, 1.807) is 0 Å². The van der Waals surface area contributed by atoms with Crippen LogP contribution in [-0.2, 0) is 14.6 Å². The predicted octanol–water partition coefficient (Wildman–Crippen LogP) is 0.264. The maximum atomic E-state index is 11.2. The molecule has 2 atom stereocenters. The van der Waals surface area contributed by atoms with Crippen LogP contribution in [0, 0.1) is 5.92 Å². The molecule has 1 rings (SSSR count). The van der Waals surface area contributed by atoms with Gasteiger partial charge in [0.05, 0.1) is 11.5 Å². The molecule has 16 heavy (non-hydrogen) atoms. The smallest absolute Gasteiger partial charge is 0.303 e. The van der Waals surface area contributed by atoms with Crippen molar-refractivity contribution in [1.82, 2.24) is 5.32 Å². The summed E-state index contributed by atoms with van der Waals surface area (Å²) in [4.78, 5) is 10.3. The fourth-order valence-corrected chi connectivity index (χ4v) is 3.70. The molecule has 0 aromatic heterocycles. The molecule has 2 unspecified atom stereocenters. The van der Waals surface area contributed by atoms with Crippen LogP contribution in [0.2, 0.25) is 0 Å². The molecule has 0 amide bonds. The minimum Gasteiger partial charge on any atom is -0.481 e. The lowest BCUT2D eigenvalue weighted by Crippen LogP contribution is -2.32. The normalized spacial score (nSPS) is 25.4. The second kappa shape index (κ2) is 5.63. The Morgan fingerprint density at radius 2 is 2.25 bits per heavy atom. The van der Waals surface area contributed by atoms with Gasteiger partial charge in [0, 0.05) is 12.5 Å². The van der Waals surface area contributed by atoms with Gasteiger partial charge in [-0.2, -0.15) is 0 Å². The highest BCUT2D eigenvalue weighted by Gasteiger charge is 2.27. The zero-order valence-electron chi connectivity index (χ0n) is 9.48. The van der Waals surface area contributed by atoms with Gasteiger partial charge in [-0.05, 0) is 32.2 Å². The van der Waals surface area contributed by atoms with Crippen LogP contribution >= 0.6 is 0 Å². The molecule has 5 nitrogen and oxygen atoms in total. The predicted molar refractivity (Wildman–Crippen MR) is 61.1 cm³/mol. The topological polar surface area (TPSA) is 83.5 Å². The molecule has 1 aliphatic rings. The Hall–Kier alpha value is -0.620. The van der Waals surface area contributed by atoms with Crippen LogP contribution in [0.1, 0.15) is 26.2 Å². The molecule has 0 aliphatic carbocycles. The van der Waals surface area contributed by atoms with E-state index in [4.69, 9.17) is 5.11 Å². The van der Waals surface area contributed by atoms with Crippen molar-refractivity contribution in [1.29, 1.82) is 0 Å². The number of hydrogen-bond acceptors (Lipinski definition) is 4. The summed E-state index contributed by atoms with van der Waals surface area (Å²) in [6.07, 6.45) is 1.45. The summed E-state index contributed by atoms with van der Waals surface area (Å²) < 4.78 is 22.4. The van der Waals surface area contributed by atoms with Crippen LogP contribution < -0.4 is 5.32 Å². The van der Waals surface area contributed by atoms with Crippen LogP contribution in [-0.4, -0.2) is 43.6 Å². The SMILES string of the molecule is CC(CCC(=O)O)NCC1CCS(=O)(=O)C1. The van der Waals surface area contributed by atoms with Gasteiger partial charge in [-0.3, -0.25) is 4.79 Å². The minimum atomic E-state index is -2.80. The van der Waals surface area contributed by atoms with Crippen LogP contribution in [0.25, 0.3) is 0 Å². The van der Waals surface area contributed by atoms with Gasteiger partial charge in [0.15, 0.2) is 9.84 Å². The van der Waals surface area contributed by atoms with E-state index in [0.717, 1.165) is 6.42 Å². The van der Waals surface area contributed by atoms with Crippen LogP contribution in [0.4, 0.5) is 0 Å². The molecule has 0 aromatic rings. The third-order valence-electron chi connectivity index (χ3n) is 2.87. The number of hydrogen-bond donors (Lipinski definition) is 2. The van der Waals surface area contributed by atoms with E-state index < -0.39 is 15.8 Å². The van der Waals surface area contributed by atoms with E-state index >= 15 is 0 Å². The van der Waals surface area contributed by atoms with Gasteiger partial charge in [0.2, 0.25) is 0 Å². The molecule has 1 aliphatic heterocycles. The van der Waals surface area contributed by atoms with Gasteiger partial charge in [-0.1, -0.05) is 0 Å². The van der Waals surface area contributed by atoms with Crippen molar-refractivity contribution < 1.29 is 18.3 Å². The van der Waals surface area contributed by atoms with Crippen molar-refractivity contribution in [3.8, 4) is 0 Å². The van der Waals surface area contributed by atoms with Gasteiger partial charge in [0.25, 0.3) is 0 Å². The van der Waals surface area contributed by atoms with E-state index in [1.807, 2.05) is 6.92 Å². The lowest BCUT2D eigenvalue weighted by atomic mass is 10.1. The van der Waals surface area contributed by atoms with Crippen LogP contribution in [0.15, 0.2) is 0 Å². The molecular formula is C10H19NO4S. The molecule has 1 heterocycles. The highest BCUT2D eigenvalue weighted by Crippen LogP contribution is 2.17. The van der Waals surface area contributed by atoms with Crippen molar-refractivity contribution in [2.75, 3.05) is 18.1 Å². The molecule has 0 aromatic carbocycles. The van der Waals surface area contributed by atoms with Gasteiger partial charge in [-0.25, -0.2) is 8.42 Å². The summed E-state index contributed by atoms with van der Waals surface area (Å²) in [5.41, 5.74) is 0. The Bertz CT molecular complexity index is 339. The number of carbonyl (C=O) groups is 1. The van der Waals surface area contributed by atoms with Crippen LogP contribution in [0.3, 0.4) is 0 Å². The number of rotatable bonds is 6. The Morgan fingerprint density at radius 3 is 2.75 bits per heavy atom. The first-order valence-electron chi connectivity index (χ1n) is 5.54. The highest BCUT2D eigenvalue weighted by molar-refractivity contribution is 7.91. The molecule has 2 N–H and O–H groups in total. The van der Waals surface area contributed by atoms with E-state index in [-0.39, 0.29) is 24.1 Å². The first kappa shape index (κ1) is 13.4. The van der Waals surface area contributed by atoms with Crippen molar-refractivity contribution in [2.24, 2.45) is 5.92 Å². The van der Waals surface area contributed by atoms with E-state index in [1.165, 1.54) is 0 Å². The van der Waals surface area contributed by atoms with Crippen LogP contribution in [0.5, 0.6) is 0 Å². The maximum absolute atomic E-state index is 11.2. The van der Waals surface area contributed by atoms with E-state index in [9.17, 15) is 13.2 Å². The zero-order chi connectivity index (χ0) is 12.2. The first-order chi connectivity index (χ1) is 7.39. The molecule has 1 fully saturated rings. The monoisotopic (exact) mass is 249 g/mol. The van der Waals surface area contributed by atoms with Crippen molar-refractivity contribution in [3.05, 3.63) is 0 Å². The summed E-state index contributed by atoms with van der Waals surface area (Å²) in [6.45, 7) is 2.59. The lowest BCUT2D eigenvalue weighted by Gasteiger charge is -2.15. The minimum absolute atomic E-state index is 0.124. The second-order valence-corrected chi connectivity index (χ2v) is 6.74. The van der Waals surface area contributed by atoms with Gasteiger partial charge in [-0.15, -0.1) is 0 Å². The molecule has 0 spiro atoms. The largest absolute Gasteiger partial charge is 0.481 e. The summed E-state index contributed by atoms with van der Waals surface area (Å²) in [7, 11) is -2.80. The Balaban J connectivity index is 2.18. The zero-order valence-corrected chi connectivity index (χ0v) is 10.3. The number of carboxylic acid groups (broad SMARTS) is 1. The summed E-state index contributed by atoms with van der Waals surface area (Å²) >= 11 is 0. The molecule has 0 bridgehead atoms. The first-order valence-corrected chi connectivity index (χ1v) is 7.37. The molecule has 6 heteroatoms. The van der Waals surface area contributed by atoms with Crippen molar-refractivity contribution in [2.45, 2.75) is 32.2 Å².